The van der Waals surface area contributed by atoms with Gasteiger partial charge < -0.3 is 9.80 Å². The van der Waals surface area contributed by atoms with Crippen LogP contribution >= 0.6 is 0 Å². The Kier molecular flexibility index (Phi) is 5.21. The van der Waals surface area contributed by atoms with Crippen molar-refractivity contribution in [3.05, 3.63) is 47.7 Å². The number of ketones is 1. The minimum atomic E-state index is -0.387. The predicted octanol–water partition coefficient (Wildman–Crippen LogP) is 3.01. The molecular weight excluding hydrogens is 347 g/mol. The first-order valence-corrected chi connectivity index (χ1v) is 9.04. The molecule has 0 fully saturated rings. The number of carbonyl (C=O) groups excluding carboxylic acids is 2. The summed E-state index contributed by atoms with van der Waals surface area (Å²) in [6, 6.07) is 5.20. The Morgan fingerprint density at radius 3 is 2.52 bits per heavy atom. The molecule has 142 valence electrons. The summed E-state index contributed by atoms with van der Waals surface area (Å²) in [5.41, 5.74) is 1.05. The number of anilines is 2. The number of rotatable bonds is 5. The molecule has 1 aliphatic rings. The molecule has 0 saturated carbocycles. The van der Waals surface area contributed by atoms with Crippen molar-refractivity contribution in [1.82, 2.24) is 9.97 Å². The molecule has 1 atom stereocenters. The van der Waals surface area contributed by atoms with Gasteiger partial charge in [0.15, 0.2) is 11.6 Å². The van der Waals surface area contributed by atoms with Gasteiger partial charge in [0.1, 0.15) is 23.4 Å². The molecule has 0 saturated heterocycles. The molecule has 3 rings (SSSR count). The van der Waals surface area contributed by atoms with E-state index in [0.717, 1.165) is 0 Å². The van der Waals surface area contributed by atoms with Crippen molar-refractivity contribution >= 4 is 23.2 Å². The van der Waals surface area contributed by atoms with Crippen molar-refractivity contribution < 1.29 is 14.0 Å². The number of amides is 1. The van der Waals surface area contributed by atoms with Gasteiger partial charge in [0.05, 0.1) is 12.6 Å². The summed E-state index contributed by atoms with van der Waals surface area (Å²) in [5, 5.41) is 0. The highest BCUT2D eigenvalue weighted by atomic mass is 19.1. The second kappa shape index (κ2) is 7.42. The Hall–Kier alpha value is -2.83. The fourth-order valence-electron chi connectivity index (χ4n) is 3.38. The van der Waals surface area contributed by atoms with E-state index in [2.05, 4.69) is 9.97 Å². The fraction of sp³-hybridized carbons (Fsp3) is 0.400. The minimum absolute atomic E-state index is 0.0115. The van der Waals surface area contributed by atoms with E-state index in [1.807, 2.05) is 25.7 Å². The molecule has 7 heteroatoms. The first kappa shape index (κ1) is 18.9. The van der Waals surface area contributed by atoms with E-state index in [-0.39, 0.29) is 36.0 Å². The van der Waals surface area contributed by atoms with Crippen LogP contribution in [0.2, 0.25) is 0 Å². The molecule has 1 unspecified atom stereocenters. The molecule has 0 spiro atoms. The number of carbonyl (C=O) groups is 2. The maximum Gasteiger partial charge on any atom is 0.249 e. The van der Waals surface area contributed by atoms with Crippen molar-refractivity contribution in [1.29, 1.82) is 0 Å². The maximum atomic E-state index is 13.0. The zero-order chi connectivity index (χ0) is 19.7. The van der Waals surface area contributed by atoms with Crippen LogP contribution in [-0.4, -0.2) is 40.8 Å². The van der Waals surface area contributed by atoms with Gasteiger partial charge in [-0.15, -0.1) is 0 Å². The second-order valence-corrected chi connectivity index (χ2v) is 6.92. The van der Waals surface area contributed by atoms with Gasteiger partial charge in [0.2, 0.25) is 5.91 Å². The average Bonchev–Trinajstić information content (AvgIpc) is 2.64. The van der Waals surface area contributed by atoms with E-state index in [0.29, 0.717) is 29.3 Å². The summed E-state index contributed by atoms with van der Waals surface area (Å²) >= 11 is 0. The number of halogens is 1. The van der Waals surface area contributed by atoms with Crippen LogP contribution in [0.3, 0.4) is 0 Å². The van der Waals surface area contributed by atoms with Crippen LogP contribution < -0.4 is 9.80 Å². The summed E-state index contributed by atoms with van der Waals surface area (Å²) in [7, 11) is 1.72. The lowest BCUT2D eigenvalue weighted by molar-refractivity contribution is -0.120. The zero-order valence-corrected chi connectivity index (χ0v) is 15.9. The number of aromatic nitrogens is 2. The van der Waals surface area contributed by atoms with Gasteiger partial charge in [0.25, 0.3) is 0 Å². The van der Waals surface area contributed by atoms with Gasteiger partial charge in [-0.1, -0.05) is 6.92 Å². The Morgan fingerprint density at radius 2 is 1.93 bits per heavy atom. The Morgan fingerprint density at radius 1 is 1.26 bits per heavy atom. The van der Waals surface area contributed by atoms with E-state index >= 15 is 0 Å². The molecule has 1 aromatic carbocycles. The summed E-state index contributed by atoms with van der Waals surface area (Å²) in [5.74, 6) is 0.486. The van der Waals surface area contributed by atoms with Crippen LogP contribution in [0.5, 0.6) is 0 Å². The highest BCUT2D eigenvalue weighted by molar-refractivity contribution is 6.04. The molecule has 2 aromatic rings. The molecule has 6 nitrogen and oxygen atoms in total. The summed E-state index contributed by atoms with van der Waals surface area (Å²) in [6.07, 6.45) is 2.27. The monoisotopic (exact) mass is 370 g/mol. The summed E-state index contributed by atoms with van der Waals surface area (Å²) in [4.78, 5) is 37.6. The molecular formula is C20H23FN4O2. The number of nitrogens with zero attached hydrogens (tertiary/aromatic N) is 4. The highest BCUT2D eigenvalue weighted by Crippen LogP contribution is 2.35. The quantitative estimate of drug-likeness (QED) is 0.757. The minimum Gasteiger partial charge on any atom is -0.340 e. The third-order valence-electron chi connectivity index (χ3n) is 4.79. The number of hydrogen-bond acceptors (Lipinski definition) is 5. The van der Waals surface area contributed by atoms with E-state index in [1.54, 1.807) is 18.1 Å². The van der Waals surface area contributed by atoms with Gasteiger partial charge in [-0.3, -0.25) is 9.59 Å². The SMILES string of the molecule is CCC1C(=O)N(C)c2cnc(CC(=O)c3ccc(F)cc3)nc2N1C(C)C. The topological polar surface area (TPSA) is 66.4 Å². The predicted molar refractivity (Wildman–Crippen MR) is 102 cm³/mol. The summed E-state index contributed by atoms with van der Waals surface area (Å²) in [6.45, 7) is 5.99. The molecule has 0 N–H and O–H groups in total. The summed E-state index contributed by atoms with van der Waals surface area (Å²) < 4.78 is 13.0. The molecule has 0 radical (unpaired) electrons. The highest BCUT2D eigenvalue weighted by Gasteiger charge is 2.38. The van der Waals surface area contributed by atoms with E-state index in [9.17, 15) is 14.0 Å². The van der Waals surface area contributed by atoms with E-state index in [4.69, 9.17) is 0 Å². The Bertz CT molecular complexity index is 867. The fourth-order valence-corrected chi connectivity index (χ4v) is 3.38. The molecule has 0 bridgehead atoms. The van der Waals surface area contributed by atoms with Crippen molar-refractivity contribution in [2.24, 2.45) is 0 Å². The van der Waals surface area contributed by atoms with Crippen molar-refractivity contribution in [2.45, 2.75) is 45.7 Å². The Balaban J connectivity index is 1.95. The molecule has 0 aliphatic carbocycles. The van der Waals surface area contributed by atoms with Gasteiger partial charge in [0, 0.05) is 18.7 Å². The zero-order valence-electron chi connectivity index (χ0n) is 15.9. The second-order valence-electron chi connectivity index (χ2n) is 6.92. The number of benzene rings is 1. The first-order chi connectivity index (χ1) is 12.8. The van der Waals surface area contributed by atoms with Gasteiger partial charge in [-0.25, -0.2) is 14.4 Å². The lowest BCUT2D eigenvalue weighted by Gasteiger charge is -2.42. The Labute approximate surface area is 158 Å². The average molecular weight is 370 g/mol. The van der Waals surface area contributed by atoms with E-state index in [1.165, 1.54) is 24.3 Å². The standard InChI is InChI=1S/C20H23FN4O2/c1-5-15-20(27)24(4)16-11-22-18(23-19(16)25(15)12(2)3)10-17(26)13-6-8-14(21)9-7-13/h6-9,11-12,15H,5,10H2,1-4H3. The van der Waals surface area contributed by atoms with Crippen LogP contribution in [0.15, 0.2) is 30.5 Å². The number of likely N-dealkylation sites (N-methyl/N-ethyl adjacent to an activating group) is 1. The van der Waals surface area contributed by atoms with Crippen molar-refractivity contribution in [3.63, 3.8) is 0 Å². The van der Waals surface area contributed by atoms with Crippen LogP contribution in [0.25, 0.3) is 0 Å². The van der Waals surface area contributed by atoms with Crippen molar-refractivity contribution in [2.75, 3.05) is 16.8 Å². The third-order valence-corrected chi connectivity index (χ3v) is 4.79. The lowest BCUT2D eigenvalue weighted by atomic mass is 10.0. The van der Waals surface area contributed by atoms with E-state index < -0.39 is 0 Å². The van der Waals surface area contributed by atoms with Gasteiger partial charge in [-0.05, 0) is 44.5 Å². The molecule has 1 aliphatic heterocycles. The number of Topliss-reactive ketones (excluding diaryl/α,β-unsaturated/α-hetero) is 1. The van der Waals surface area contributed by atoms with Crippen LogP contribution in [0.4, 0.5) is 15.9 Å². The van der Waals surface area contributed by atoms with Gasteiger partial charge >= 0.3 is 0 Å². The number of hydrogen-bond donors (Lipinski definition) is 0. The maximum absolute atomic E-state index is 13.0. The lowest BCUT2D eigenvalue weighted by Crippen LogP contribution is -2.55. The molecule has 27 heavy (non-hydrogen) atoms. The normalized spacial score (nSPS) is 16.7. The smallest absolute Gasteiger partial charge is 0.249 e. The van der Waals surface area contributed by atoms with Crippen molar-refractivity contribution in [3.8, 4) is 0 Å². The van der Waals surface area contributed by atoms with Gasteiger partial charge in [-0.2, -0.15) is 0 Å². The molecule has 1 aromatic heterocycles. The third kappa shape index (κ3) is 3.54. The largest absolute Gasteiger partial charge is 0.340 e. The van der Waals surface area contributed by atoms with Crippen LogP contribution in [0.1, 0.15) is 43.4 Å². The first-order valence-electron chi connectivity index (χ1n) is 9.04. The molecule has 2 heterocycles. The molecule has 1 amide bonds. The van der Waals surface area contributed by atoms with Crippen LogP contribution in [-0.2, 0) is 11.2 Å². The van der Waals surface area contributed by atoms with Crippen LogP contribution in [0, 0.1) is 5.82 Å². The number of fused-ring (bicyclic) bond motifs is 1.